The van der Waals surface area contributed by atoms with Crippen molar-refractivity contribution >= 4 is 17.2 Å². The van der Waals surface area contributed by atoms with E-state index in [1.165, 1.54) is 21.7 Å². The molecule has 2 aromatic heterocycles. The Bertz CT molecular complexity index is 813. The van der Waals surface area contributed by atoms with Gasteiger partial charge in [0.1, 0.15) is 5.82 Å². The third-order valence-electron chi connectivity index (χ3n) is 4.85. The van der Waals surface area contributed by atoms with Gasteiger partial charge < -0.3 is 5.32 Å². The van der Waals surface area contributed by atoms with E-state index in [9.17, 15) is 9.59 Å². The number of thiazole rings is 1. The predicted octanol–water partition coefficient (Wildman–Crippen LogP) is 0.448. The van der Waals surface area contributed by atoms with Crippen LogP contribution in [-0.4, -0.2) is 31.8 Å². The zero-order valence-corrected chi connectivity index (χ0v) is 14.6. The Morgan fingerprint density at radius 1 is 1.38 bits per heavy atom. The fourth-order valence-electron chi connectivity index (χ4n) is 3.54. The van der Waals surface area contributed by atoms with Gasteiger partial charge in [0.15, 0.2) is 0 Å². The fourth-order valence-corrected chi connectivity index (χ4v) is 4.70. The van der Waals surface area contributed by atoms with E-state index < -0.39 is 0 Å². The van der Waals surface area contributed by atoms with E-state index in [1.54, 1.807) is 23.0 Å². The first kappa shape index (κ1) is 15.6. The molecular weight excluding hydrogens is 326 g/mol. The summed E-state index contributed by atoms with van der Waals surface area (Å²) >= 11 is 1.79. The Labute approximate surface area is 143 Å². The highest BCUT2D eigenvalue weighted by Crippen LogP contribution is 2.27. The molecule has 1 amide bonds. The van der Waals surface area contributed by atoms with Gasteiger partial charge in [-0.1, -0.05) is 0 Å². The highest BCUT2D eigenvalue weighted by molar-refractivity contribution is 7.11. The van der Waals surface area contributed by atoms with Crippen LogP contribution in [0.1, 0.15) is 34.2 Å². The molecule has 0 bridgehead atoms. The average molecular weight is 347 g/mol. The lowest BCUT2D eigenvalue weighted by Crippen LogP contribution is -2.39. The Hall–Kier alpha value is -1.96. The summed E-state index contributed by atoms with van der Waals surface area (Å²) < 4.78 is 2.97. The molecule has 128 valence electrons. The van der Waals surface area contributed by atoms with Crippen LogP contribution in [0, 0.1) is 5.92 Å². The molecule has 3 heterocycles. The standard InChI is InChI=1S/C16H21N5O2S/c1-20-16(23)21-9-10(5-6-13(21)19-20)15(22)17-8-7-14-18-11-3-2-4-12(11)24-14/h10H,2-9H2,1H3,(H,17,22)/t10-/m1/s1. The molecule has 7 nitrogen and oxygen atoms in total. The van der Waals surface area contributed by atoms with Crippen LogP contribution in [0.2, 0.25) is 0 Å². The summed E-state index contributed by atoms with van der Waals surface area (Å²) in [5.74, 6) is 0.657. The first-order chi connectivity index (χ1) is 11.6. The summed E-state index contributed by atoms with van der Waals surface area (Å²) in [6.07, 6.45) is 5.68. The summed E-state index contributed by atoms with van der Waals surface area (Å²) in [5.41, 5.74) is 1.12. The Balaban J connectivity index is 1.32. The molecule has 1 aliphatic heterocycles. The molecule has 4 rings (SSSR count). The second kappa shape index (κ2) is 6.16. The minimum Gasteiger partial charge on any atom is -0.355 e. The molecule has 1 aliphatic carbocycles. The maximum atomic E-state index is 12.4. The summed E-state index contributed by atoms with van der Waals surface area (Å²) in [7, 11) is 1.65. The van der Waals surface area contributed by atoms with Gasteiger partial charge in [0, 0.05) is 37.9 Å². The Morgan fingerprint density at radius 3 is 3.08 bits per heavy atom. The summed E-state index contributed by atoms with van der Waals surface area (Å²) in [6.45, 7) is 1.04. The zero-order valence-electron chi connectivity index (χ0n) is 13.7. The molecule has 0 aromatic carbocycles. The molecule has 2 aromatic rings. The van der Waals surface area contributed by atoms with E-state index in [0.717, 1.165) is 36.5 Å². The van der Waals surface area contributed by atoms with Crippen LogP contribution in [0.5, 0.6) is 0 Å². The van der Waals surface area contributed by atoms with Crippen molar-refractivity contribution in [2.45, 2.75) is 45.1 Å². The molecule has 0 fully saturated rings. The largest absolute Gasteiger partial charge is 0.355 e. The van der Waals surface area contributed by atoms with Gasteiger partial charge in [0.05, 0.1) is 16.6 Å². The van der Waals surface area contributed by atoms with E-state index in [1.807, 2.05) is 0 Å². The third-order valence-corrected chi connectivity index (χ3v) is 6.07. The third kappa shape index (κ3) is 2.79. The number of hydrogen-bond donors (Lipinski definition) is 1. The molecule has 2 aliphatic rings. The van der Waals surface area contributed by atoms with Gasteiger partial charge in [-0.2, -0.15) is 5.10 Å². The lowest BCUT2D eigenvalue weighted by molar-refractivity contribution is -0.125. The van der Waals surface area contributed by atoms with Gasteiger partial charge in [-0.3, -0.25) is 9.36 Å². The molecule has 0 unspecified atom stereocenters. The molecule has 1 N–H and O–H groups in total. The monoisotopic (exact) mass is 347 g/mol. The zero-order chi connectivity index (χ0) is 16.7. The van der Waals surface area contributed by atoms with Crippen LogP contribution in [0.25, 0.3) is 0 Å². The topological polar surface area (TPSA) is 81.8 Å². The number of fused-ring (bicyclic) bond motifs is 2. The number of rotatable bonds is 4. The van der Waals surface area contributed by atoms with E-state index in [2.05, 4.69) is 15.4 Å². The van der Waals surface area contributed by atoms with Gasteiger partial charge in [-0.25, -0.2) is 14.5 Å². The highest BCUT2D eigenvalue weighted by atomic mass is 32.1. The van der Waals surface area contributed by atoms with Gasteiger partial charge in [0.25, 0.3) is 0 Å². The molecule has 1 atom stereocenters. The average Bonchev–Trinajstić information content (AvgIpc) is 3.22. The van der Waals surface area contributed by atoms with Crippen LogP contribution < -0.4 is 11.0 Å². The van der Waals surface area contributed by atoms with Crippen molar-refractivity contribution in [3.8, 4) is 0 Å². The van der Waals surface area contributed by atoms with Crippen LogP contribution in [0.15, 0.2) is 4.79 Å². The number of carbonyl (C=O) groups excluding carboxylic acids is 1. The van der Waals surface area contributed by atoms with Crippen LogP contribution in [-0.2, 0) is 44.1 Å². The minimum atomic E-state index is -0.152. The van der Waals surface area contributed by atoms with E-state index in [-0.39, 0.29) is 17.5 Å². The number of nitrogens with one attached hydrogen (secondary N) is 1. The highest BCUT2D eigenvalue weighted by Gasteiger charge is 2.27. The van der Waals surface area contributed by atoms with Crippen molar-refractivity contribution in [3.63, 3.8) is 0 Å². The molecule has 0 saturated carbocycles. The van der Waals surface area contributed by atoms with Crippen molar-refractivity contribution in [3.05, 3.63) is 31.9 Å². The minimum absolute atomic E-state index is 0.0282. The van der Waals surface area contributed by atoms with Gasteiger partial charge in [-0.05, 0) is 25.7 Å². The first-order valence-electron chi connectivity index (χ1n) is 8.49. The predicted molar refractivity (Wildman–Crippen MR) is 90.1 cm³/mol. The normalized spacial score (nSPS) is 19.1. The Morgan fingerprint density at radius 2 is 2.25 bits per heavy atom. The van der Waals surface area contributed by atoms with Crippen molar-refractivity contribution in [1.29, 1.82) is 0 Å². The van der Waals surface area contributed by atoms with E-state index >= 15 is 0 Å². The smallest absolute Gasteiger partial charge is 0.345 e. The second-order valence-corrected chi connectivity index (χ2v) is 7.71. The SMILES string of the molecule is Cn1nc2n(c1=O)C[C@H](C(=O)NCCc1nc3c(s1)CCC3)CC2. The number of amides is 1. The molecule has 0 radical (unpaired) electrons. The van der Waals surface area contributed by atoms with Gasteiger partial charge in [0.2, 0.25) is 5.91 Å². The maximum absolute atomic E-state index is 12.4. The quantitative estimate of drug-likeness (QED) is 0.871. The summed E-state index contributed by atoms with van der Waals surface area (Å²) in [5, 5.41) is 8.33. The number of hydrogen-bond acceptors (Lipinski definition) is 5. The second-order valence-electron chi connectivity index (χ2n) is 6.54. The van der Waals surface area contributed by atoms with Crippen LogP contribution >= 0.6 is 11.3 Å². The van der Waals surface area contributed by atoms with Crippen LogP contribution in [0.3, 0.4) is 0 Å². The molecule has 24 heavy (non-hydrogen) atoms. The van der Waals surface area contributed by atoms with Gasteiger partial charge >= 0.3 is 5.69 Å². The summed E-state index contributed by atoms with van der Waals surface area (Å²) in [4.78, 5) is 30.4. The molecule has 8 heteroatoms. The number of aromatic nitrogens is 4. The fraction of sp³-hybridized carbons (Fsp3) is 0.625. The first-order valence-corrected chi connectivity index (χ1v) is 9.31. The van der Waals surface area contributed by atoms with Crippen molar-refractivity contribution in [2.75, 3.05) is 6.54 Å². The molecular formula is C16H21N5O2S. The molecule has 0 saturated heterocycles. The molecule has 0 spiro atoms. The van der Waals surface area contributed by atoms with Crippen LogP contribution in [0.4, 0.5) is 0 Å². The van der Waals surface area contributed by atoms with E-state index in [0.29, 0.717) is 19.5 Å². The summed E-state index contributed by atoms with van der Waals surface area (Å²) in [6, 6.07) is 0. The van der Waals surface area contributed by atoms with Crippen molar-refractivity contribution in [2.24, 2.45) is 13.0 Å². The van der Waals surface area contributed by atoms with Gasteiger partial charge in [-0.15, -0.1) is 11.3 Å². The number of carbonyl (C=O) groups is 1. The lowest BCUT2D eigenvalue weighted by Gasteiger charge is -2.21. The Kier molecular flexibility index (Phi) is 3.99. The van der Waals surface area contributed by atoms with E-state index in [4.69, 9.17) is 0 Å². The lowest BCUT2D eigenvalue weighted by atomic mass is 9.98. The van der Waals surface area contributed by atoms with Crippen molar-refractivity contribution in [1.82, 2.24) is 24.6 Å². The number of aryl methyl sites for hydroxylation is 4. The maximum Gasteiger partial charge on any atom is 0.345 e. The number of nitrogens with zero attached hydrogens (tertiary/aromatic N) is 4. The van der Waals surface area contributed by atoms with Crippen molar-refractivity contribution < 1.29 is 4.79 Å².